The first-order chi connectivity index (χ1) is 12.9. The summed E-state index contributed by atoms with van der Waals surface area (Å²) in [7, 11) is 0. The van der Waals surface area contributed by atoms with Crippen molar-refractivity contribution in [3.8, 4) is 0 Å². The highest BCUT2D eigenvalue weighted by Crippen LogP contribution is 2.13. The fourth-order valence-corrected chi connectivity index (χ4v) is 2.43. The molecule has 28 heavy (non-hydrogen) atoms. The Hall–Kier alpha value is -2.28. The normalized spacial score (nSPS) is 13.6. The van der Waals surface area contributed by atoms with Gasteiger partial charge in [-0.15, -0.1) is 0 Å². The van der Waals surface area contributed by atoms with Crippen molar-refractivity contribution in [3.63, 3.8) is 0 Å². The topological polar surface area (TPSA) is 95.0 Å². The molecule has 1 aromatic rings. The van der Waals surface area contributed by atoms with E-state index in [1.807, 2.05) is 72.7 Å². The molecule has 1 rings (SSSR count). The molecule has 1 amide bonds. The van der Waals surface area contributed by atoms with Crippen LogP contribution in [0.5, 0.6) is 0 Å². The number of rotatable bonds is 7. The molecule has 1 atom stereocenters. The molecular formula is C21H36N4O3. The van der Waals surface area contributed by atoms with Crippen molar-refractivity contribution in [2.75, 3.05) is 19.6 Å². The average Bonchev–Trinajstić information content (AvgIpc) is 2.54. The lowest BCUT2D eigenvalue weighted by Crippen LogP contribution is -2.49. The van der Waals surface area contributed by atoms with Crippen molar-refractivity contribution in [3.05, 3.63) is 35.4 Å². The van der Waals surface area contributed by atoms with Crippen LogP contribution in [-0.4, -0.2) is 47.9 Å². The molecule has 0 spiro atoms. The third-order valence-electron chi connectivity index (χ3n) is 3.71. The van der Waals surface area contributed by atoms with Gasteiger partial charge in [0.15, 0.2) is 5.96 Å². The molecule has 0 radical (unpaired) electrons. The number of hydrogen-bond acceptors (Lipinski definition) is 4. The minimum atomic E-state index is -0.642. The Morgan fingerprint density at radius 3 is 2.46 bits per heavy atom. The van der Waals surface area contributed by atoms with E-state index in [9.17, 15) is 9.90 Å². The van der Waals surface area contributed by atoms with Crippen molar-refractivity contribution in [2.45, 2.75) is 65.7 Å². The number of aliphatic hydroxyl groups excluding tert-OH is 1. The smallest absolute Gasteiger partial charge is 0.408 e. The van der Waals surface area contributed by atoms with Crippen molar-refractivity contribution in [1.29, 1.82) is 0 Å². The lowest BCUT2D eigenvalue weighted by Gasteiger charge is -2.27. The van der Waals surface area contributed by atoms with Gasteiger partial charge in [0.05, 0.1) is 18.2 Å². The second kappa shape index (κ2) is 10.3. The third kappa shape index (κ3) is 9.60. The van der Waals surface area contributed by atoms with Gasteiger partial charge in [-0.05, 0) is 54.0 Å². The van der Waals surface area contributed by atoms with Crippen LogP contribution in [0.25, 0.3) is 0 Å². The molecule has 0 aliphatic heterocycles. The number of guanidine groups is 1. The minimum absolute atomic E-state index is 0.329. The number of aliphatic imine (C=N–C) groups is 1. The van der Waals surface area contributed by atoms with Gasteiger partial charge in [0.2, 0.25) is 0 Å². The summed E-state index contributed by atoms with van der Waals surface area (Å²) in [6.07, 6.45) is -1.11. The van der Waals surface area contributed by atoms with Crippen molar-refractivity contribution >= 4 is 12.1 Å². The standard InChI is InChI=1S/C21H36N4O3/c1-8-22-18(23-13-17(26)16-11-9-10-15(2)12-16)24-14-21(6,7)25-19(27)28-20(3,4)5/h9-12,17,26H,8,13-14H2,1-7H3,(H,25,27)(H2,22,23,24). The average molecular weight is 393 g/mol. The number of aryl methyl sites for hydroxylation is 1. The number of carbonyl (C=O) groups excluding carboxylic acids is 1. The van der Waals surface area contributed by atoms with Crippen molar-refractivity contribution in [1.82, 2.24) is 16.0 Å². The maximum Gasteiger partial charge on any atom is 0.408 e. The minimum Gasteiger partial charge on any atom is -0.444 e. The van der Waals surface area contributed by atoms with Gasteiger partial charge in [0, 0.05) is 13.1 Å². The number of benzene rings is 1. The zero-order valence-electron chi connectivity index (χ0n) is 18.2. The van der Waals surface area contributed by atoms with E-state index in [0.29, 0.717) is 25.6 Å². The van der Waals surface area contributed by atoms with E-state index >= 15 is 0 Å². The monoisotopic (exact) mass is 392 g/mol. The quantitative estimate of drug-likeness (QED) is 0.423. The maximum atomic E-state index is 12.0. The van der Waals surface area contributed by atoms with Crippen LogP contribution in [0.4, 0.5) is 4.79 Å². The first kappa shape index (κ1) is 23.8. The Morgan fingerprint density at radius 1 is 1.21 bits per heavy atom. The molecule has 158 valence electrons. The van der Waals surface area contributed by atoms with Crippen LogP contribution in [0.15, 0.2) is 29.3 Å². The third-order valence-corrected chi connectivity index (χ3v) is 3.71. The van der Waals surface area contributed by atoms with E-state index in [0.717, 1.165) is 11.1 Å². The predicted octanol–water partition coefficient (Wildman–Crippen LogP) is 2.89. The molecule has 0 aliphatic rings. The van der Waals surface area contributed by atoms with Crippen LogP contribution in [0.3, 0.4) is 0 Å². The summed E-state index contributed by atoms with van der Waals surface area (Å²) in [6, 6.07) is 7.79. The van der Waals surface area contributed by atoms with Gasteiger partial charge in [-0.25, -0.2) is 4.79 Å². The molecule has 0 aromatic heterocycles. The van der Waals surface area contributed by atoms with Gasteiger partial charge in [-0.3, -0.25) is 4.99 Å². The number of carbonyl (C=O) groups is 1. The van der Waals surface area contributed by atoms with Gasteiger partial charge in [0.1, 0.15) is 5.60 Å². The fraction of sp³-hybridized carbons (Fsp3) is 0.619. The van der Waals surface area contributed by atoms with Crippen LogP contribution < -0.4 is 16.0 Å². The largest absolute Gasteiger partial charge is 0.444 e. The van der Waals surface area contributed by atoms with E-state index in [4.69, 9.17) is 4.74 Å². The predicted molar refractivity (Wildman–Crippen MR) is 114 cm³/mol. The molecule has 1 unspecified atom stereocenters. The fourth-order valence-electron chi connectivity index (χ4n) is 2.43. The number of nitrogens with one attached hydrogen (secondary N) is 3. The first-order valence-corrected chi connectivity index (χ1v) is 9.70. The Labute approximate surface area is 169 Å². The Bertz CT molecular complexity index is 666. The lowest BCUT2D eigenvalue weighted by atomic mass is 10.1. The van der Waals surface area contributed by atoms with E-state index < -0.39 is 23.3 Å². The summed E-state index contributed by atoms with van der Waals surface area (Å²) in [6.45, 7) is 14.6. The van der Waals surface area contributed by atoms with Crippen LogP contribution >= 0.6 is 0 Å². The number of amides is 1. The molecule has 7 nitrogen and oxygen atoms in total. The van der Waals surface area contributed by atoms with E-state index in [1.165, 1.54) is 0 Å². The van der Waals surface area contributed by atoms with Gasteiger partial charge in [-0.2, -0.15) is 0 Å². The summed E-state index contributed by atoms with van der Waals surface area (Å²) < 4.78 is 5.30. The van der Waals surface area contributed by atoms with E-state index in [2.05, 4.69) is 20.9 Å². The number of hydrogen-bond donors (Lipinski definition) is 4. The summed E-state index contributed by atoms with van der Waals surface area (Å²) in [5, 5.41) is 19.5. The summed E-state index contributed by atoms with van der Waals surface area (Å²) in [5.74, 6) is 0.577. The number of alkyl carbamates (subject to hydrolysis) is 1. The highest BCUT2D eigenvalue weighted by Gasteiger charge is 2.24. The summed E-state index contributed by atoms with van der Waals surface area (Å²) >= 11 is 0. The Kier molecular flexibility index (Phi) is 8.75. The van der Waals surface area contributed by atoms with Gasteiger partial charge in [-0.1, -0.05) is 29.8 Å². The van der Waals surface area contributed by atoms with Crippen LogP contribution in [-0.2, 0) is 4.74 Å². The molecule has 0 saturated carbocycles. The Balaban J connectivity index is 2.66. The van der Waals surface area contributed by atoms with Gasteiger partial charge >= 0.3 is 6.09 Å². The number of nitrogens with zero attached hydrogens (tertiary/aromatic N) is 1. The van der Waals surface area contributed by atoms with Crippen molar-refractivity contribution in [2.24, 2.45) is 4.99 Å². The van der Waals surface area contributed by atoms with E-state index in [1.54, 1.807) is 0 Å². The highest BCUT2D eigenvalue weighted by molar-refractivity contribution is 5.80. The SMILES string of the molecule is CCNC(=NCC(C)(C)NC(=O)OC(C)(C)C)NCC(O)c1cccc(C)c1. The maximum absolute atomic E-state index is 12.0. The second-order valence-corrected chi connectivity index (χ2v) is 8.52. The van der Waals surface area contributed by atoms with Crippen molar-refractivity contribution < 1.29 is 14.6 Å². The molecule has 0 aliphatic carbocycles. The highest BCUT2D eigenvalue weighted by atomic mass is 16.6. The number of ether oxygens (including phenoxy) is 1. The molecule has 0 heterocycles. The second-order valence-electron chi connectivity index (χ2n) is 8.52. The zero-order chi connectivity index (χ0) is 21.4. The van der Waals surface area contributed by atoms with Crippen LogP contribution in [0.1, 0.15) is 58.8 Å². The molecule has 0 saturated heterocycles. The summed E-state index contributed by atoms with van der Waals surface area (Å²) in [4.78, 5) is 16.5. The first-order valence-electron chi connectivity index (χ1n) is 9.70. The van der Waals surface area contributed by atoms with Crippen LogP contribution in [0.2, 0.25) is 0 Å². The zero-order valence-corrected chi connectivity index (χ0v) is 18.2. The van der Waals surface area contributed by atoms with Crippen LogP contribution in [0, 0.1) is 6.92 Å². The molecule has 1 aromatic carbocycles. The molecule has 0 bridgehead atoms. The summed E-state index contributed by atoms with van der Waals surface area (Å²) in [5.41, 5.74) is 0.827. The van der Waals surface area contributed by atoms with E-state index in [-0.39, 0.29) is 0 Å². The number of aliphatic hydroxyl groups is 1. The van der Waals surface area contributed by atoms with Gasteiger partial charge in [0.25, 0.3) is 0 Å². The Morgan fingerprint density at radius 2 is 1.89 bits per heavy atom. The molecule has 7 heteroatoms. The molecule has 4 N–H and O–H groups in total. The van der Waals surface area contributed by atoms with Gasteiger partial charge < -0.3 is 25.8 Å². The molecular weight excluding hydrogens is 356 g/mol. The molecule has 0 fully saturated rings. The lowest BCUT2D eigenvalue weighted by molar-refractivity contribution is 0.0476.